The smallest absolute Gasteiger partial charge is 0.303 e. The molecule has 0 aromatic heterocycles. The molecule has 0 amide bonds. The number of carboxylic acids is 1. The zero-order valence-corrected chi connectivity index (χ0v) is 10.0. The monoisotopic (exact) mass is 253 g/mol. The first kappa shape index (κ1) is 14.0. The Morgan fingerprint density at radius 2 is 2.28 bits per heavy atom. The van der Waals surface area contributed by atoms with Crippen LogP contribution in [0.2, 0.25) is 0 Å². The van der Waals surface area contributed by atoms with Crippen LogP contribution in [0.1, 0.15) is 18.4 Å². The maximum absolute atomic E-state index is 10.9. The Kier molecular flexibility index (Phi) is 5.10. The lowest BCUT2D eigenvalue weighted by atomic mass is 10.0. The van der Waals surface area contributed by atoms with E-state index in [1.165, 1.54) is 7.11 Å². The Bertz CT molecular complexity index is 432. The SMILES string of the molecule is COc1cccc(CC(CCC(=O)O)[N+](=O)[O-])c1. The van der Waals surface area contributed by atoms with Gasteiger partial charge in [-0.25, -0.2) is 0 Å². The lowest BCUT2D eigenvalue weighted by Gasteiger charge is -2.09. The minimum absolute atomic E-state index is 0.0273. The van der Waals surface area contributed by atoms with Crippen molar-refractivity contribution in [2.24, 2.45) is 0 Å². The molecule has 1 rings (SSSR count). The summed E-state index contributed by atoms with van der Waals surface area (Å²) in [6.45, 7) is 0. The molecule has 0 spiro atoms. The van der Waals surface area contributed by atoms with Crippen molar-refractivity contribution in [2.45, 2.75) is 25.3 Å². The zero-order valence-electron chi connectivity index (χ0n) is 10.0. The van der Waals surface area contributed by atoms with Gasteiger partial charge < -0.3 is 9.84 Å². The van der Waals surface area contributed by atoms with E-state index in [4.69, 9.17) is 9.84 Å². The summed E-state index contributed by atoms with van der Waals surface area (Å²) in [6, 6.07) is 6.11. The van der Waals surface area contributed by atoms with E-state index < -0.39 is 16.9 Å². The third-order valence-corrected chi connectivity index (χ3v) is 2.60. The zero-order chi connectivity index (χ0) is 13.5. The minimum Gasteiger partial charge on any atom is -0.497 e. The maximum Gasteiger partial charge on any atom is 0.303 e. The third-order valence-electron chi connectivity index (χ3n) is 2.60. The van der Waals surface area contributed by atoms with Crippen molar-refractivity contribution in [1.29, 1.82) is 0 Å². The molecule has 0 aliphatic carbocycles. The average molecular weight is 253 g/mol. The Labute approximate surface area is 104 Å². The highest BCUT2D eigenvalue weighted by atomic mass is 16.6. The van der Waals surface area contributed by atoms with Gasteiger partial charge in [-0.1, -0.05) is 12.1 Å². The summed E-state index contributed by atoms with van der Waals surface area (Å²) in [6.07, 6.45) is 0.0344. The van der Waals surface area contributed by atoms with Gasteiger partial charge in [0.15, 0.2) is 0 Å². The normalized spacial score (nSPS) is 11.8. The number of hydrogen-bond acceptors (Lipinski definition) is 4. The van der Waals surface area contributed by atoms with Crippen LogP contribution in [0.3, 0.4) is 0 Å². The fourth-order valence-electron chi connectivity index (χ4n) is 1.64. The second-order valence-electron chi connectivity index (χ2n) is 3.93. The standard InChI is InChI=1S/C12H15NO5/c1-18-11-4-2-3-9(8-11)7-10(13(16)17)5-6-12(14)15/h2-4,8,10H,5-7H2,1H3,(H,14,15). The van der Waals surface area contributed by atoms with Gasteiger partial charge in [0.25, 0.3) is 0 Å². The van der Waals surface area contributed by atoms with E-state index in [-0.39, 0.29) is 19.3 Å². The molecular formula is C12H15NO5. The number of hydrogen-bond donors (Lipinski definition) is 1. The fraction of sp³-hybridized carbons (Fsp3) is 0.417. The van der Waals surface area contributed by atoms with Crippen LogP contribution in [0, 0.1) is 10.1 Å². The molecule has 18 heavy (non-hydrogen) atoms. The summed E-state index contributed by atoms with van der Waals surface area (Å²) in [4.78, 5) is 20.9. The number of carbonyl (C=O) groups is 1. The van der Waals surface area contributed by atoms with Gasteiger partial charge in [-0.2, -0.15) is 0 Å². The van der Waals surface area contributed by atoms with Crippen LogP contribution >= 0.6 is 0 Å². The van der Waals surface area contributed by atoms with E-state index in [0.29, 0.717) is 5.75 Å². The predicted molar refractivity (Wildman–Crippen MR) is 64.4 cm³/mol. The Morgan fingerprint density at radius 3 is 2.83 bits per heavy atom. The van der Waals surface area contributed by atoms with Crippen molar-refractivity contribution in [3.8, 4) is 5.75 Å². The highest BCUT2D eigenvalue weighted by Gasteiger charge is 2.21. The summed E-state index contributed by atoms with van der Waals surface area (Å²) >= 11 is 0. The summed E-state index contributed by atoms with van der Waals surface area (Å²) < 4.78 is 5.03. The van der Waals surface area contributed by atoms with Gasteiger partial charge in [0.1, 0.15) is 5.75 Å². The highest BCUT2D eigenvalue weighted by molar-refractivity contribution is 5.66. The van der Waals surface area contributed by atoms with Gasteiger partial charge in [-0.05, 0) is 17.7 Å². The fourth-order valence-corrected chi connectivity index (χ4v) is 1.64. The molecule has 0 aliphatic rings. The van der Waals surface area contributed by atoms with Gasteiger partial charge in [0.2, 0.25) is 6.04 Å². The molecule has 6 nitrogen and oxygen atoms in total. The number of carboxylic acid groups (broad SMARTS) is 1. The molecule has 1 atom stereocenters. The first-order chi connectivity index (χ1) is 8.52. The minimum atomic E-state index is -1.02. The number of nitro groups is 1. The second-order valence-corrected chi connectivity index (χ2v) is 3.93. The molecule has 98 valence electrons. The van der Waals surface area contributed by atoms with Crippen LogP contribution in [0.25, 0.3) is 0 Å². The van der Waals surface area contributed by atoms with Crippen molar-refractivity contribution in [2.75, 3.05) is 7.11 Å². The van der Waals surface area contributed by atoms with Crippen LogP contribution in [-0.2, 0) is 11.2 Å². The summed E-state index contributed by atoms with van der Waals surface area (Å²) in [5.41, 5.74) is 0.765. The molecule has 1 aromatic rings. The molecule has 0 bridgehead atoms. The molecule has 0 heterocycles. The lowest BCUT2D eigenvalue weighted by molar-refractivity contribution is -0.522. The molecule has 0 radical (unpaired) electrons. The van der Waals surface area contributed by atoms with Gasteiger partial charge in [-0.3, -0.25) is 14.9 Å². The van der Waals surface area contributed by atoms with E-state index in [1.807, 2.05) is 0 Å². The Hall–Kier alpha value is -2.11. The van der Waals surface area contributed by atoms with Crippen LogP contribution < -0.4 is 4.74 Å². The molecule has 0 saturated heterocycles. The van der Waals surface area contributed by atoms with E-state index >= 15 is 0 Å². The summed E-state index contributed by atoms with van der Waals surface area (Å²) in [5.74, 6) is -0.389. The van der Waals surface area contributed by atoms with E-state index in [1.54, 1.807) is 24.3 Å². The number of aliphatic carboxylic acids is 1. The third kappa shape index (κ3) is 4.40. The Balaban J connectivity index is 2.70. The molecule has 1 unspecified atom stereocenters. The maximum atomic E-state index is 10.9. The largest absolute Gasteiger partial charge is 0.497 e. The van der Waals surface area contributed by atoms with Crippen molar-refractivity contribution in [1.82, 2.24) is 0 Å². The van der Waals surface area contributed by atoms with Gasteiger partial charge in [0, 0.05) is 17.8 Å². The van der Waals surface area contributed by atoms with Crippen molar-refractivity contribution < 1.29 is 19.6 Å². The first-order valence-electron chi connectivity index (χ1n) is 5.51. The summed E-state index contributed by atoms with van der Waals surface area (Å²) in [5, 5.41) is 19.4. The van der Waals surface area contributed by atoms with Crippen LogP contribution in [0.4, 0.5) is 0 Å². The van der Waals surface area contributed by atoms with E-state index in [9.17, 15) is 14.9 Å². The van der Waals surface area contributed by atoms with Crippen LogP contribution in [0.5, 0.6) is 5.75 Å². The molecule has 0 saturated carbocycles. The Morgan fingerprint density at radius 1 is 1.56 bits per heavy atom. The predicted octanol–water partition coefficient (Wildman–Crippen LogP) is 1.75. The first-order valence-corrected chi connectivity index (χ1v) is 5.51. The van der Waals surface area contributed by atoms with Crippen molar-refractivity contribution in [3.63, 3.8) is 0 Å². The number of ether oxygens (including phenoxy) is 1. The van der Waals surface area contributed by atoms with Crippen molar-refractivity contribution >= 4 is 5.97 Å². The second kappa shape index (κ2) is 6.58. The topological polar surface area (TPSA) is 89.7 Å². The van der Waals surface area contributed by atoms with Gasteiger partial charge in [0.05, 0.1) is 13.5 Å². The molecule has 6 heteroatoms. The molecule has 1 aromatic carbocycles. The average Bonchev–Trinajstić information content (AvgIpc) is 2.34. The highest BCUT2D eigenvalue weighted by Crippen LogP contribution is 2.16. The number of rotatable bonds is 7. The molecule has 0 fully saturated rings. The van der Waals surface area contributed by atoms with Gasteiger partial charge >= 0.3 is 5.97 Å². The number of nitrogens with zero attached hydrogens (tertiary/aromatic N) is 1. The molecular weight excluding hydrogens is 238 g/mol. The van der Waals surface area contributed by atoms with Gasteiger partial charge in [-0.15, -0.1) is 0 Å². The molecule has 1 N–H and O–H groups in total. The molecule has 0 aliphatic heterocycles. The van der Waals surface area contributed by atoms with E-state index in [2.05, 4.69) is 0 Å². The van der Waals surface area contributed by atoms with Crippen molar-refractivity contribution in [3.05, 3.63) is 39.9 Å². The quantitative estimate of drug-likeness (QED) is 0.590. The lowest BCUT2D eigenvalue weighted by Crippen LogP contribution is -2.23. The van der Waals surface area contributed by atoms with Crippen LogP contribution in [-0.4, -0.2) is 29.2 Å². The van der Waals surface area contributed by atoms with E-state index in [0.717, 1.165) is 5.56 Å². The number of benzene rings is 1. The number of methoxy groups -OCH3 is 1. The van der Waals surface area contributed by atoms with Crippen LogP contribution in [0.15, 0.2) is 24.3 Å². The summed E-state index contributed by atoms with van der Waals surface area (Å²) in [7, 11) is 1.52.